The predicted octanol–water partition coefficient (Wildman–Crippen LogP) is -1.69. The van der Waals surface area contributed by atoms with Crippen molar-refractivity contribution < 1.29 is 74.4 Å². The summed E-state index contributed by atoms with van der Waals surface area (Å²) in [5.41, 5.74) is -1.35. The van der Waals surface area contributed by atoms with E-state index in [9.17, 15) is 55.9 Å². The van der Waals surface area contributed by atoms with Gasteiger partial charge in [0.05, 0.1) is 12.7 Å². The van der Waals surface area contributed by atoms with Gasteiger partial charge in [0, 0.05) is 17.7 Å². The second kappa shape index (κ2) is 11.8. The number of aromatic hydroxyl groups is 4. The summed E-state index contributed by atoms with van der Waals surface area (Å²) in [7, 11) is 0. The van der Waals surface area contributed by atoms with Gasteiger partial charge in [0.25, 0.3) is 0 Å². The first-order valence-corrected chi connectivity index (χ1v) is 13.0. The van der Waals surface area contributed by atoms with Gasteiger partial charge in [-0.05, 0) is 25.1 Å². The van der Waals surface area contributed by atoms with Crippen molar-refractivity contribution in [1.82, 2.24) is 0 Å². The van der Waals surface area contributed by atoms with Gasteiger partial charge in [0.1, 0.15) is 65.2 Å². The highest BCUT2D eigenvalue weighted by Crippen LogP contribution is 2.39. The topological polar surface area (TPSA) is 269 Å². The zero-order valence-electron chi connectivity index (χ0n) is 22.3. The molecule has 2 fully saturated rings. The lowest BCUT2D eigenvalue weighted by molar-refractivity contribution is -0.318. The minimum atomic E-state index is -1.97. The van der Waals surface area contributed by atoms with Crippen LogP contribution < -0.4 is 10.2 Å². The van der Waals surface area contributed by atoms with E-state index >= 15 is 0 Å². The Balaban J connectivity index is 1.48. The zero-order chi connectivity index (χ0) is 31.3. The highest BCUT2D eigenvalue weighted by atomic mass is 16.7. The van der Waals surface area contributed by atoms with Crippen molar-refractivity contribution in [2.24, 2.45) is 0 Å². The molecule has 2 aromatic carbocycles. The molecule has 1 aromatic heterocycles. The van der Waals surface area contributed by atoms with Gasteiger partial charge < -0.3 is 74.4 Å². The maximum absolute atomic E-state index is 13.6. The molecule has 3 heterocycles. The van der Waals surface area contributed by atoms with Gasteiger partial charge in [-0.15, -0.1) is 0 Å². The fourth-order valence-electron chi connectivity index (χ4n) is 4.84. The van der Waals surface area contributed by atoms with Crippen molar-refractivity contribution >= 4 is 11.0 Å². The highest BCUT2D eigenvalue weighted by Gasteiger charge is 2.47. The van der Waals surface area contributed by atoms with E-state index in [2.05, 4.69) is 0 Å². The normalized spacial score (nSPS) is 33.0. The molecule has 0 saturated carbocycles. The van der Waals surface area contributed by atoms with Crippen LogP contribution in [0.4, 0.5) is 0 Å². The van der Waals surface area contributed by atoms with E-state index in [1.165, 1.54) is 13.0 Å². The molecule has 234 valence electrons. The minimum Gasteiger partial charge on any atom is -0.508 e. The summed E-state index contributed by atoms with van der Waals surface area (Å²) in [6, 6.07) is 5.24. The van der Waals surface area contributed by atoms with Gasteiger partial charge >= 0.3 is 0 Å². The molecule has 0 unspecified atom stereocenters. The van der Waals surface area contributed by atoms with E-state index in [0.717, 1.165) is 24.3 Å². The number of aliphatic hydroxyl groups excluding tert-OH is 6. The first-order valence-electron chi connectivity index (χ1n) is 13.0. The van der Waals surface area contributed by atoms with Crippen LogP contribution in [0, 0.1) is 0 Å². The molecule has 0 amide bonds. The van der Waals surface area contributed by atoms with Crippen LogP contribution in [0.5, 0.6) is 28.7 Å². The summed E-state index contributed by atoms with van der Waals surface area (Å²) in [5.74, 6) is -3.33. The molecule has 10 N–H and O–H groups in total. The Morgan fingerprint density at radius 3 is 2.12 bits per heavy atom. The summed E-state index contributed by atoms with van der Waals surface area (Å²) in [6.07, 6.45) is -16.2. The van der Waals surface area contributed by atoms with Crippen LogP contribution in [0.25, 0.3) is 22.3 Å². The SMILES string of the molecule is C[C@@H]1O[C@H](OC[C@@H]2O[C@@H](Oc3c(-c4ccc(O)c(O)c4)oc4cc(O)cc(O)c4c3=O)[C@H](O)[C@@H](O)[C@@H]2O)[C@@H](O)[C@@H](O)[C@@H]1O. The monoisotopic (exact) mass is 610 g/mol. The summed E-state index contributed by atoms with van der Waals surface area (Å²) in [5, 5.41) is 101. The lowest BCUT2D eigenvalue weighted by Gasteiger charge is -2.42. The third kappa shape index (κ3) is 5.67. The molecule has 3 aromatic rings. The van der Waals surface area contributed by atoms with Crippen LogP contribution >= 0.6 is 0 Å². The Kier molecular flexibility index (Phi) is 8.41. The molecule has 2 aliphatic rings. The van der Waals surface area contributed by atoms with Gasteiger partial charge in [-0.1, -0.05) is 0 Å². The molecule has 43 heavy (non-hydrogen) atoms. The van der Waals surface area contributed by atoms with Crippen molar-refractivity contribution in [3.8, 4) is 40.1 Å². The average Bonchev–Trinajstić information content (AvgIpc) is 2.96. The molecule has 0 aliphatic carbocycles. The molecule has 10 atom stereocenters. The van der Waals surface area contributed by atoms with Gasteiger partial charge in [-0.2, -0.15) is 0 Å². The molecular weight excluding hydrogens is 580 g/mol. The number of phenolic OH excluding ortho intramolecular Hbond substituents is 4. The van der Waals surface area contributed by atoms with E-state index in [-0.39, 0.29) is 11.1 Å². The Morgan fingerprint density at radius 2 is 1.42 bits per heavy atom. The van der Waals surface area contributed by atoms with Gasteiger partial charge in [0.2, 0.25) is 17.5 Å². The standard InChI is InChI=1S/C27H30O16/c1-8-17(32)20(35)22(37)26(40-8)39-7-15-18(33)21(36)23(38)27(42-15)43-25-19(34)16-13(31)5-10(28)6-14(16)41-24(25)9-2-3-11(29)12(30)4-9/h2-6,8,15,17-18,20-23,26-33,35-38H,7H2,1H3/t8-,15-,17+,18+,20-,21-,22-,23+,26-,27-/m0/s1. The summed E-state index contributed by atoms with van der Waals surface area (Å²) in [6.45, 7) is 0.818. The fraction of sp³-hybridized carbons (Fsp3) is 0.444. The molecule has 16 nitrogen and oxygen atoms in total. The number of benzene rings is 2. The fourth-order valence-corrected chi connectivity index (χ4v) is 4.84. The first kappa shape index (κ1) is 30.7. The maximum atomic E-state index is 13.6. The van der Waals surface area contributed by atoms with Gasteiger partial charge in [-0.3, -0.25) is 4.79 Å². The average molecular weight is 611 g/mol. The molecule has 2 saturated heterocycles. The van der Waals surface area contributed by atoms with Crippen molar-refractivity contribution in [1.29, 1.82) is 0 Å². The smallest absolute Gasteiger partial charge is 0.239 e. The van der Waals surface area contributed by atoms with Crippen LogP contribution in [-0.4, -0.2) is 119 Å². The number of ether oxygens (including phenoxy) is 4. The van der Waals surface area contributed by atoms with E-state index in [0.29, 0.717) is 0 Å². The zero-order valence-corrected chi connectivity index (χ0v) is 22.3. The summed E-state index contributed by atoms with van der Waals surface area (Å²) in [4.78, 5) is 13.6. The van der Waals surface area contributed by atoms with E-state index in [1.54, 1.807) is 0 Å². The second-order valence-electron chi connectivity index (χ2n) is 10.3. The van der Waals surface area contributed by atoms with Gasteiger partial charge in [0.15, 0.2) is 23.5 Å². The second-order valence-corrected chi connectivity index (χ2v) is 10.3. The number of phenols is 4. The van der Waals surface area contributed by atoms with Crippen LogP contribution in [0.3, 0.4) is 0 Å². The molecule has 0 spiro atoms. The predicted molar refractivity (Wildman–Crippen MR) is 140 cm³/mol. The van der Waals surface area contributed by atoms with Crippen LogP contribution in [0.1, 0.15) is 6.92 Å². The van der Waals surface area contributed by atoms with Crippen molar-refractivity contribution in [3.63, 3.8) is 0 Å². The van der Waals surface area contributed by atoms with Crippen molar-refractivity contribution in [3.05, 3.63) is 40.6 Å². The largest absolute Gasteiger partial charge is 0.508 e. The number of aliphatic hydroxyl groups is 6. The van der Waals surface area contributed by atoms with Crippen LogP contribution in [-0.2, 0) is 14.2 Å². The number of hydrogen-bond acceptors (Lipinski definition) is 16. The van der Waals surface area contributed by atoms with E-state index in [4.69, 9.17) is 23.4 Å². The first-order chi connectivity index (χ1) is 20.3. The van der Waals surface area contributed by atoms with E-state index < -0.39 is 113 Å². The Labute approximate surface area is 241 Å². The lowest BCUT2D eigenvalue weighted by Crippen LogP contribution is -2.61. The lowest BCUT2D eigenvalue weighted by atomic mass is 9.98. The number of hydrogen-bond donors (Lipinski definition) is 10. The molecule has 0 radical (unpaired) electrons. The Morgan fingerprint density at radius 1 is 0.744 bits per heavy atom. The van der Waals surface area contributed by atoms with E-state index in [1.807, 2.05) is 0 Å². The summed E-state index contributed by atoms with van der Waals surface area (Å²) < 4.78 is 27.8. The third-order valence-electron chi connectivity index (χ3n) is 7.29. The van der Waals surface area contributed by atoms with Crippen LogP contribution in [0.2, 0.25) is 0 Å². The Bertz CT molecular complexity index is 1540. The summed E-state index contributed by atoms with van der Waals surface area (Å²) >= 11 is 0. The molecule has 0 bridgehead atoms. The van der Waals surface area contributed by atoms with Crippen LogP contribution in [0.15, 0.2) is 39.5 Å². The maximum Gasteiger partial charge on any atom is 0.239 e. The third-order valence-corrected chi connectivity index (χ3v) is 7.29. The quantitative estimate of drug-likeness (QED) is 0.140. The molecule has 2 aliphatic heterocycles. The molecule has 16 heteroatoms. The number of rotatable bonds is 6. The molecule has 5 rings (SSSR count). The van der Waals surface area contributed by atoms with Crippen molar-refractivity contribution in [2.45, 2.75) is 68.3 Å². The van der Waals surface area contributed by atoms with Crippen molar-refractivity contribution in [2.75, 3.05) is 6.61 Å². The van der Waals surface area contributed by atoms with Gasteiger partial charge in [-0.25, -0.2) is 0 Å². The Hall–Kier alpha value is -3.71. The minimum absolute atomic E-state index is 0.0313. The number of fused-ring (bicyclic) bond motifs is 1. The highest BCUT2D eigenvalue weighted by molar-refractivity contribution is 5.88. The molecular formula is C27H30O16.